The smallest absolute Gasteiger partial charge is 0.306 e. The van der Waals surface area contributed by atoms with E-state index in [4.69, 9.17) is 14.2 Å². The van der Waals surface area contributed by atoms with Crippen molar-refractivity contribution in [2.75, 3.05) is 13.2 Å². The Hall–Kier alpha value is -2.11. The SMILES string of the molecule is CCCCCC/C=C\C/C=C\CCCCCCCC(=O)OCC(COC(=O)CCCCCCC)OC(=O)CCCCCCCCCCC. The Morgan fingerprint density at radius 1 is 0.417 bits per heavy atom. The third-order valence-electron chi connectivity index (χ3n) is 8.71. The highest BCUT2D eigenvalue weighted by Crippen LogP contribution is 2.13. The summed E-state index contributed by atoms with van der Waals surface area (Å²) in [4.78, 5) is 37.2. The molecule has 0 amide bonds. The fourth-order valence-corrected chi connectivity index (χ4v) is 5.59. The fourth-order valence-electron chi connectivity index (χ4n) is 5.59. The van der Waals surface area contributed by atoms with E-state index in [9.17, 15) is 14.4 Å². The first-order valence-electron chi connectivity index (χ1n) is 20.3. The highest BCUT2D eigenvalue weighted by atomic mass is 16.6. The van der Waals surface area contributed by atoms with Crippen LogP contribution in [-0.4, -0.2) is 37.2 Å². The minimum atomic E-state index is -0.765. The Bertz CT molecular complexity index is 789. The molecule has 0 rings (SSSR count). The van der Waals surface area contributed by atoms with Crippen molar-refractivity contribution in [3.05, 3.63) is 24.3 Å². The monoisotopic (exact) mass is 677 g/mol. The molecule has 1 unspecified atom stereocenters. The molecule has 1 atom stereocenters. The molecule has 0 aliphatic carbocycles. The van der Waals surface area contributed by atoms with Gasteiger partial charge < -0.3 is 14.2 Å². The minimum absolute atomic E-state index is 0.0750. The van der Waals surface area contributed by atoms with E-state index in [2.05, 4.69) is 45.1 Å². The van der Waals surface area contributed by atoms with Crippen molar-refractivity contribution in [3.8, 4) is 0 Å². The van der Waals surface area contributed by atoms with Crippen LogP contribution >= 0.6 is 0 Å². The van der Waals surface area contributed by atoms with Crippen molar-refractivity contribution in [2.45, 2.75) is 213 Å². The number of esters is 3. The van der Waals surface area contributed by atoms with Crippen molar-refractivity contribution in [3.63, 3.8) is 0 Å². The zero-order chi connectivity index (χ0) is 35.2. The number of rotatable bonds is 36. The Balaban J connectivity index is 4.24. The van der Waals surface area contributed by atoms with Crippen LogP contribution in [0.3, 0.4) is 0 Å². The van der Waals surface area contributed by atoms with Gasteiger partial charge in [0.2, 0.25) is 0 Å². The highest BCUT2D eigenvalue weighted by molar-refractivity contribution is 5.71. The van der Waals surface area contributed by atoms with E-state index in [1.54, 1.807) is 0 Å². The van der Waals surface area contributed by atoms with E-state index < -0.39 is 6.10 Å². The summed E-state index contributed by atoms with van der Waals surface area (Å²) in [7, 11) is 0. The molecular formula is C42H76O6. The molecule has 0 saturated carbocycles. The number of hydrogen-bond donors (Lipinski definition) is 0. The lowest BCUT2D eigenvalue weighted by Crippen LogP contribution is -2.30. The average molecular weight is 677 g/mol. The van der Waals surface area contributed by atoms with Crippen molar-refractivity contribution in [1.29, 1.82) is 0 Å². The van der Waals surface area contributed by atoms with Crippen LogP contribution in [0, 0.1) is 0 Å². The van der Waals surface area contributed by atoms with Crippen molar-refractivity contribution < 1.29 is 28.6 Å². The molecule has 6 nitrogen and oxygen atoms in total. The predicted molar refractivity (Wildman–Crippen MR) is 201 cm³/mol. The molecule has 0 N–H and O–H groups in total. The van der Waals surface area contributed by atoms with Gasteiger partial charge in [0.25, 0.3) is 0 Å². The topological polar surface area (TPSA) is 78.9 Å². The van der Waals surface area contributed by atoms with Crippen LogP contribution in [0.4, 0.5) is 0 Å². The molecule has 0 saturated heterocycles. The largest absolute Gasteiger partial charge is 0.462 e. The second-order valence-electron chi connectivity index (χ2n) is 13.6. The molecule has 0 aromatic heterocycles. The summed E-state index contributed by atoms with van der Waals surface area (Å²) in [6.07, 6.45) is 39.0. The maximum Gasteiger partial charge on any atom is 0.306 e. The number of ether oxygens (including phenoxy) is 3. The quantitative estimate of drug-likeness (QED) is 0.0284. The molecule has 280 valence electrons. The molecule has 6 heteroatoms. The number of allylic oxidation sites excluding steroid dienone is 4. The number of hydrogen-bond acceptors (Lipinski definition) is 6. The van der Waals surface area contributed by atoms with E-state index in [1.165, 1.54) is 83.5 Å². The van der Waals surface area contributed by atoms with Crippen molar-refractivity contribution >= 4 is 17.9 Å². The molecule has 0 radical (unpaired) electrons. The summed E-state index contributed by atoms with van der Waals surface area (Å²) < 4.78 is 16.5. The van der Waals surface area contributed by atoms with Crippen LogP contribution < -0.4 is 0 Å². The van der Waals surface area contributed by atoms with Crippen LogP contribution in [0.2, 0.25) is 0 Å². The fraction of sp³-hybridized carbons (Fsp3) is 0.833. The second kappa shape index (κ2) is 37.7. The predicted octanol–water partition coefficient (Wildman–Crippen LogP) is 12.5. The van der Waals surface area contributed by atoms with E-state index >= 15 is 0 Å². The molecule has 0 aliphatic heterocycles. The molecule has 0 aliphatic rings. The van der Waals surface area contributed by atoms with Gasteiger partial charge in [-0.25, -0.2) is 0 Å². The van der Waals surface area contributed by atoms with Gasteiger partial charge in [0, 0.05) is 19.3 Å². The summed E-state index contributed by atoms with van der Waals surface area (Å²) in [5.74, 6) is -0.907. The number of carbonyl (C=O) groups is 3. The van der Waals surface area contributed by atoms with Crippen LogP contribution in [0.25, 0.3) is 0 Å². The number of carbonyl (C=O) groups excluding carboxylic acids is 3. The minimum Gasteiger partial charge on any atom is -0.462 e. The van der Waals surface area contributed by atoms with Crippen LogP contribution in [0.15, 0.2) is 24.3 Å². The van der Waals surface area contributed by atoms with Crippen LogP contribution in [0.5, 0.6) is 0 Å². The summed E-state index contributed by atoms with van der Waals surface area (Å²) in [5, 5.41) is 0. The standard InChI is InChI=1S/C42H76O6/c1-4-7-10-13-15-17-18-19-20-21-22-23-25-26-29-32-35-41(44)47-38-39(37-46-40(43)34-31-28-12-9-6-3)48-42(45)36-33-30-27-24-16-14-11-8-5-2/h17-18,20-21,39H,4-16,19,22-38H2,1-3H3/b18-17-,21-20-. The van der Waals surface area contributed by atoms with Gasteiger partial charge in [0.15, 0.2) is 6.10 Å². The van der Waals surface area contributed by atoms with Gasteiger partial charge in [-0.15, -0.1) is 0 Å². The Morgan fingerprint density at radius 2 is 0.750 bits per heavy atom. The van der Waals surface area contributed by atoms with Gasteiger partial charge in [-0.1, -0.05) is 161 Å². The van der Waals surface area contributed by atoms with E-state index in [0.29, 0.717) is 19.3 Å². The van der Waals surface area contributed by atoms with Gasteiger partial charge >= 0.3 is 17.9 Å². The van der Waals surface area contributed by atoms with Crippen molar-refractivity contribution in [2.24, 2.45) is 0 Å². The molecule has 0 heterocycles. The van der Waals surface area contributed by atoms with Gasteiger partial charge in [-0.05, 0) is 51.4 Å². The Morgan fingerprint density at radius 3 is 1.17 bits per heavy atom. The lowest BCUT2D eigenvalue weighted by atomic mass is 10.1. The summed E-state index contributed by atoms with van der Waals surface area (Å²) in [6, 6.07) is 0. The third kappa shape index (κ3) is 35.2. The van der Waals surface area contributed by atoms with Gasteiger partial charge in [0.05, 0.1) is 0 Å². The maximum atomic E-state index is 12.5. The van der Waals surface area contributed by atoms with E-state index in [1.807, 2.05) is 0 Å². The Labute approximate surface area is 296 Å². The molecule has 0 aromatic carbocycles. The second-order valence-corrected chi connectivity index (χ2v) is 13.6. The van der Waals surface area contributed by atoms with Crippen LogP contribution in [0.1, 0.15) is 207 Å². The third-order valence-corrected chi connectivity index (χ3v) is 8.71. The lowest BCUT2D eigenvalue weighted by Gasteiger charge is -2.18. The summed E-state index contributed by atoms with van der Waals surface area (Å²) in [6.45, 7) is 6.49. The maximum absolute atomic E-state index is 12.5. The molecule has 0 spiro atoms. The molecule has 48 heavy (non-hydrogen) atoms. The average Bonchev–Trinajstić information content (AvgIpc) is 3.08. The zero-order valence-electron chi connectivity index (χ0n) is 31.8. The van der Waals surface area contributed by atoms with Crippen molar-refractivity contribution in [1.82, 2.24) is 0 Å². The lowest BCUT2D eigenvalue weighted by molar-refractivity contribution is -0.167. The molecule has 0 bridgehead atoms. The van der Waals surface area contributed by atoms with Gasteiger partial charge in [-0.3, -0.25) is 14.4 Å². The zero-order valence-corrected chi connectivity index (χ0v) is 31.8. The van der Waals surface area contributed by atoms with Gasteiger partial charge in [-0.2, -0.15) is 0 Å². The van der Waals surface area contributed by atoms with E-state index in [-0.39, 0.29) is 31.1 Å². The summed E-state index contributed by atoms with van der Waals surface area (Å²) in [5.41, 5.74) is 0. The summed E-state index contributed by atoms with van der Waals surface area (Å²) >= 11 is 0. The first kappa shape index (κ1) is 45.9. The molecular weight excluding hydrogens is 600 g/mol. The van der Waals surface area contributed by atoms with Gasteiger partial charge in [0.1, 0.15) is 13.2 Å². The number of unbranched alkanes of at least 4 members (excludes halogenated alkanes) is 21. The van der Waals surface area contributed by atoms with Crippen LogP contribution in [-0.2, 0) is 28.6 Å². The first-order chi connectivity index (χ1) is 23.5. The molecule has 0 aromatic rings. The molecule has 0 fully saturated rings. The normalized spacial score (nSPS) is 12.1. The first-order valence-corrected chi connectivity index (χ1v) is 20.3. The highest BCUT2D eigenvalue weighted by Gasteiger charge is 2.19. The Kier molecular flexibility index (Phi) is 36.0. The van der Waals surface area contributed by atoms with E-state index in [0.717, 1.165) is 83.5 Å².